The molecule has 0 spiro atoms. The van der Waals surface area contributed by atoms with Crippen LogP contribution in [0.5, 0.6) is 0 Å². The summed E-state index contributed by atoms with van der Waals surface area (Å²) in [6.07, 6.45) is 1.02. The first-order valence-corrected chi connectivity index (χ1v) is 12.2. The Morgan fingerprint density at radius 3 is 1.96 bits per heavy atom. The molecular weight excluding hydrogens is 330 g/mol. The average molecular weight is 374 g/mol. The van der Waals surface area contributed by atoms with Crippen molar-refractivity contribution in [3.63, 3.8) is 0 Å². The van der Waals surface area contributed by atoms with E-state index in [0.717, 1.165) is 26.2 Å². The number of hydrogen-bond donors (Lipinski definition) is 0. The number of hydroxylamine groups is 2. The van der Waals surface area contributed by atoms with Crippen molar-refractivity contribution in [2.75, 3.05) is 26.4 Å². The molecule has 4 nitrogen and oxygen atoms in total. The molecular formula is C20H43NO3Si. The molecule has 0 aromatic heterocycles. The number of hydrogen-bond acceptors (Lipinski definition) is 4. The molecule has 0 saturated carbocycles. The summed E-state index contributed by atoms with van der Waals surface area (Å²) in [5.74, 6) is 0. The number of rotatable bonds is 10. The Labute approximate surface area is 157 Å². The Kier molecular flexibility index (Phi) is 8.16. The summed E-state index contributed by atoms with van der Waals surface area (Å²) in [7, 11) is -1.77. The third-order valence-electron chi connectivity index (χ3n) is 5.80. The average Bonchev–Trinajstić information content (AvgIpc) is 2.79. The Morgan fingerprint density at radius 1 is 1.04 bits per heavy atom. The summed E-state index contributed by atoms with van der Waals surface area (Å²) in [5, 5.41) is 1.98. The second-order valence-corrected chi connectivity index (χ2v) is 15.2. The summed E-state index contributed by atoms with van der Waals surface area (Å²) >= 11 is 0. The quantitative estimate of drug-likeness (QED) is 0.467. The van der Waals surface area contributed by atoms with E-state index in [0.29, 0.717) is 23.2 Å². The van der Waals surface area contributed by atoms with Crippen molar-refractivity contribution in [3.8, 4) is 0 Å². The molecule has 1 rings (SSSR count). The van der Waals surface area contributed by atoms with Crippen molar-refractivity contribution in [2.24, 2.45) is 5.41 Å². The Balaban J connectivity index is 2.57. The van der Waals surface area contributed by atoms with Gasteiger partial charge in [-0.1, -0.05) is 55.4 Å². The van der Waals surface area contributed by atoms with E-state index in [1.807, 2.05) is 5.06 Å². The molecule has 0 aromatic carbocycles. The molecule has 1 aliphatic heterocycles. The molecule has 1 fully saturated rings. The lowest BCUT2D eigenvalue weighted by Gasteiger charge is -2.43. The predicted molar refractivity (Wildman–Crippen MR) is 108 cm³/mol. The van der Waals surface area contributed by atoms with Gasteiger partial charge < -0.3 is 9.16 Å². The number of nitrogens with zero attached hydrogens (tertiary/aromatic N) is 1. The van der Waals surface area contributed by atoms with Gasteiger partial charge in [0.05, 0.1) is 19.8 Å². The fourth-order valence-electron chi connectivity index (χ4n) is 4.27. The predicted octanol–water partition coefficient (Wildman–Crippen LogP) is 5.59. The fraction of sp³-hybridized carbons (Fsp3) is 1.00. The van der Waals surface area contributed by atoms with Gasteiger partial charge in [-0.3, -0.25) is 4.84 Å². The van der Waals surface area contributed by atoms with Gasteiger partial charge in [0, 0.05) is 6.61 Å². The zero-order chi connectivity index (χ0) is 19.5. The molecule has 0 bridgehead atoms. The summed E-state index contributed by atoms with van der Waals surface area (Å²) in [6, 6.07) is 0. The highest BCUT2D eigenvalue weighted by molar-refractivity contribution is 6.77. The molecule has 0 radical (unpaired) electrons. The first-order chi connectivity index (χ1) is 11.3. The summed E-state index contributed by atoms with van der Waals surface area (Å²) in [5.41, 5.74) is 1.67. The molecule has 0 amide bonds. The van der Waals surface area contributed by atoms with E-state index < -0.39 is 8.32 Å². The highest BCUT2D eigenvalue weighted by Crippen LogP contribution is 2.42. The minimum Gasteiger partial charge on any atom is -0.416 e. The van der Waals surface area contributed by atoms with E-state index in [1.54, 1.807) is 0 Å². The minimum atomic E-state index is -1.77. The van der Waals surface area contributed by atoms with Gasteiger partial charge in [0.1, 0.15) is 5.72 Å². The van der Waals surface area contributed by atoms with Gasteiger partial charge >= 0.3 is 0 Å². The molecule has 25 heavy (non-hydrogen) atoms. The van der Waals surface area contributed by atoms with Gasteiger partial charge in [0.2, 0.25) is 0 Å². The smallest absolute Gasteiger partial charge is 0.200 e. The maximum atomic E-state index is 6.71. The molecule has 0 unspecified atom stereocenters. The monoisotopic (exact) mass is 373 g/mol. The highest BCUT2D eigenvalue weighted by Gasteiger charge is 2.45. The van der Waals surface area contributed by atoms with Crippen LogP contribution in [0.1, 0.15) is 75.7 Å². The minimum absolute atomic E-state index is 0.0871. The summed E-state index contributed by atoms with van der Waals surface area (Å²) in [4.78, 5) is 6.07. The van der Waals surface area contributed by atoms with Crippen LogP contribution in [0.2, 0.25) is 16.6 Å². The van der Waals surface area contributed by atoms with Gasteiger partial charge in [-0.05, 0) is 42.3 Å². The summed E-state index contributed by atoms with van der Waals surface area (Å²) in [6.45, 7) is 25.8. The SMILES string of the molecule is CC(C)[Si](OCCC(C)(C)CON1CCOC1(C)C)(C(C)C)C(C)C. The van der Waals surface area contributed by atoms with E-state index in [4.69, 9.17) is 14.0 Å². The standard InChI is InChI=1S/C20H43NO3Si/c1-16(2)25(17(3)4,18(5)6)24-13-11-19(7,8)15-23-21-12-14-22-20(21,9)10/h16-18H,11-15H2,1-10H3. The van der Waals surface area contributed by atoms with Crippen LogP contribution in [0.15, 0.2) is 0 Å². The molecule has 0 aliphatic carbocycles. The van der Waals surface area contributed by atoms with E-state index in [2.05, 4.69) is 69.2 Å². The first-order valence-electron chi connectivity index (χ1n) is 10.0. The molecule has 1 aliphatic rings. The molecule has 0 N–H and O–H groups in total. The van der Waals surface area contributed by atoms with Crippen molar-refractivity contribution in [1.82, 2.24) is 5.06 Å². The lowest BCUT2D eigenvalue weighted by atomic mass is 9.91. The number of ether oxygens (including phenoxy) is 1. The summed E-state index contributed by atoms with van der Waals surface area (Å²) < 4.78 is 12.4. The van der Waals surface area contributed by atoms with E-state index in [-0.39, 0.29) is 11.1 Å². The molecule has 5 heteroatoms. The van der Waals surface area contributed by atoms with Crippen molar-refractivity contribution < 1.29 is 14.0 Å². The zero-order valence-corrected chi connectivity index (χ0v) is 19.4. The Morgan fingerprint density at radius 2 is 1.56 bits per heavy atom. The van der Waals surface area contributed by atoms with Gasteiger partial charge in [-0.2, -0.15) is 5.06 Å². The Bertz CT molecular complexity index is 386. The zero-order valence-electron chi connectivity index (χ0n) is 18.4. The maximum absolute atomic E-state index is 6.71. The lowest BCUT2D eigenvalue weighted by molar-refractivity contribution is -0.256. The van der Waals surface area contributed by atoms with E-state index in [9.17, 15) is 0 Å². The lowest BCUT2D eigenvalue weighted by Crippen LogP contribution is -2.48. The van der Waals surface area contributed by atoms with Crippen LogP contribution < -0.4 is 0 Å². The Hall–Kier alpha value is 0.0569. The normalized spacial score (nSPS) is 19.6. The van der Waals surface area contributed by atoms with Crippen LogP contribution in [-0.4, -0.2) is 45.5 Å². The van der Waals surface area contributed by atoms with Crippen molar-refractivity contribution in [1.29, 1.82) is 0 Å². The van der Waals surface area contributed by atoms with Crippen molar-refractivity contribution in [2.45, 2.75) is 98.0 Å². The highest BCUT2D eigenvalue weighted by atomic mass is 28.4. The van der Waals surface area contributed by atoms with Gasteiger partial charge in [0.25, 0.3) is 0 Å². The van der Waals surface area contributed by atoms with E-state index >= 15 is 0 Å². The molecule has 1 saturated heterocycles. The van der Waals surface area contributed by atoms with Gasteiger partial charge in [-0.25, -0.2) is 0 Å². The second kappa shape index (κ2) is 8.83. The van der Waals surface area contributed by atoms with Crippen LogP contribution >= 0.6 is 0 Å². The van der Waals surface area contributed by atoms with Crippen LogP contribution in [0.25, 0.3) is 0 Å². The van der Waals surface area contributed by atoms with Crippen LogP contribution in [0.4, 0.5) is 0 Å². The van der Waals surface area contributed by atoms with Crippen LogP contribution in [-0.2, 0) is 14.0 Å². The fourth-order valence-corrected chi connectivity index (χ4v) is 9.72. The van der Waals surface area contributed by atoms with E-state index in [1.165, 1.54) is 0 Å². The molecule has 1 heterocycles. The largest absolute Gasteiger partial charge is 0.416 e. The van der Waals surface area contributed by atoms with Crippen LogP contribution in [0, 0.1) is 5.41 Å². The third-order valence-corrected chi connectivity index (χ3v) is 11.9. The first kappa shape index (κ1) is 23.1. The molecule has 0 atom stereocenters. The third kappa shape index (κ3) is 5.77. The van der Waals surface area contributed by atoms with Gasteiger partial charge in [0.15, 0.2) is 8.32 Å². The van der Waals surface area contributed by atoms with Crippen molar-refractivity contribution in [3.05, 3.63) is 0 Å². The van der Waals surface area contributed by atoms with Crippen LogP contribution in [0.3, 0.4) is 0 Å². The topological polar surface area (TPSA) is 30.9 Å². The van der Waals surface area contributed by atoms with Crippen molar-refractivity contribution >= 4 is 8.32 Å². The van der Waals surface area contributed by atoms with Gasteiger partial charge in [-0.15, -0.1) is 0 Å². The molecule has 150 valence electrons. The molecule has 0 aromatic rings. The maximum Gasteiger partial charge on any atom is 0.200 e. The second-order valence-electron chi connectivity index (χ2n) is 9.75.